The highest BCUT2D eigenvalue weighted by Gasteiger charge is 2.57. The predicted octanol–water partition coefficient (Wildman–Crippen LogP) is 15.8. The molecule has 0 saturated carbocycles. The van der Waals surface area contributed by atoms with Crippen molar-refractivity contribution in [2.45, 2.75) is 0 Å². The molecule has 0 bridgehead atoms. The Labute approximate surface area is 526 Å². The molecule has 89 heavy (non-hydrogen) atoms. The van der Waals surface area contributed by atoms with E-state index in [2.05, 4.69) is 0 Å². The summed E-state index contributed by atoms with van der Waals surface area (Å²) in [5, 5.41) is 5.70. The average Bonchev–Trinajstić information content (AvgIpc) is 0.955. The van der Waals surface area contributed by atoms with Gasteiger partial charge in [0, 0.05) is 63.7 Å². The van der Waals surface area contributed by atoms with Crippen LogP contribution < -0.4 is 63.7 Å². The summed E-state index contributed by atoms with van der Waals surface area (Å²) >= 11 is 9.16. The Balaban J connectivity index is 1.30. The van der Waals surface area contributed by atoms with E-state index in [-0.39, 0.29) is 0 Å². The maximum absolute atomic E-state index is 17.3. The molecule has 12 aromatic carbocycles. The van der Waals surface area contributed by atoms with Gasteiger partial charge in [-0.2, -0.15) is 0 Å². The van der Waals surface area contributed by atoms with Gasteiger partial charge in [-0.1, -0.05) is 302 Å². The monoisotopic (exact) mass is 1310 g/mol. The van der Waals surface area contributed by atoms with E-state index in [9.17, 15) is 0 Å². The Morgan fingerprint density at radius 1 is 0.202 bits per heavy atom. The fourth-order valence-electron chi connectivity index (χ4n) is 10.5. The van der Waals surface area contributed by atoms with Crippen LogP contribution in [0.3, 0.4) is 0 Å². The van der Waals surface area contributed by atoms with Crippen molar-refractivity contribution in [2.75, 3.05) is 0 Å². The molecule has 0 unspecified atom stereocenters. The van der Waals surface area contributed by atoms with Crippen molar-refractivity contribution in [1.82, 2.24) is 0 Å². The van der Waals surface area contributed by atoms with Crippen molar-refractivity contribution in [3.8, 4) is 0 Å². The van der Waals surface area contributed by atoms with Gasteiger partial charge in [-0.05, 0) is 72.8 Å². The molecule has 0 amide bonds. The minimum absolute atomic E-state index is 0.434. The van der Waals surface area contributed by atoms with Crippen LogP contribution in [0, 0.1) is 0 Å². The van der Waals surface area contributed by atoms with Gasteiger partial charge in [-0.15, -0.1) is 0 Å². The number of nitrogens with zero attached hydrogens (tertiary/aromatic N) is 3. The standard InChI is InChI=1S/C72H60ClN3O6P6Si/c73-89(80-86(67-49-25-7-26-50-67,68-51-27-8-28-52-68)74-83(77,61-37-13-1-14-38-61)62-39-15-2-16-40-62,81-87(69-53-29-9-30-54-69,70-55-31-10-32-56-70)75-84(78,63-41-17-3-18-42-63)64-43-19-4-20-44-64)82-88(71-57-33-11-34-58-71,72-59-35-12-36-60-72)76-85(79,65-45-21-5-22-46-65)66-47-23-6-24-48-66/h1-60H. The van der Waals surface area contributed by atoms with Gasteiger partial charge >= 0.3 is 8.11 Å². The summed E-state index contributed by atoms with van der Waals surface area (Å²) in [4.78, 5) is 0. The number of benzene rings is 12. The minimum Gasteiger partial charge on any atom is -0.317 e. The first kappa shape index (κ1) is 61.6. The van der Waals surface area contributed by atoms with E-state index < -0.39 is 51.8 Å². The average molecular weight is 1310 g/mol. The van der Waals surface area contributed by atoms with E-state index in [1.165, 1.54) is 0 Å². The summed E-state index contributed by atoms with van der Waals surface area (Å²) in [6.07, 6.45) is 0. The van der Waals surface area contributed by atoms with Crippen molar-refractivity contribution in [1.29, 1.82) is 0 Å². The van der Waals surface area contributed by atoms with Crippen LogP contribution in [-0.4, -0.2) is 8.11 Å². The quantitative estimate of drug-likeness (QED) is 0.0402. The molecule has 0 heterocycles. The molecule has 0 saturated heterocycles. The molecule has 0 fully saturated rings. The number of halogens is 1. The van der Waals surface area contributed by atoms with Gasteiger partial charge < -0.3 is 12.6 Å². The molecule has 17 heteroatoms. The smallest absolute Gasteiger partial charge is 0.317 e. The molecular weight excluding hydrogens is 1250 g/mol. The van der Waals surface area contributed by atoms with Gasteiger partial charge in [-0.3, -0.25) is 13.7 Å². The molecule has 440 valence electrons. The second-order valence-electron chi connectivity index (χ2n) is 20.5. The maximum Gasteiger partial charge on any atom is 0.627 e. The van der Waals surface area contributed by atoms with Crippen LogP contribution in [0.1, 0.15) is 0 Å². The first-order valence-corrected chi connectivity index (χ1v) is 41.4. The normalized spacial score (nSPS) is 12.4. The largest absolute Gasteiger partial charge is 0.627 e. The molecule has 0 radical (unpaired) electrons. The lowest BCUT2D eigenvalue weighted by Crippen LogP contribution is -2.44. The van der Waals surface area contributed by atoms with Crippen LogP contribution in [0.2, 0.25) is 0 Å². The lowest BCUT2D eigenvalue weighted by atomic mass is 10.4. The summed E-state index contributed by atoms with van der Waals surface area (Å²) in [5.74, 6) is 0. The molecule has 9 nitrogen and oxygen atoms in total. The van der Waals surface area contributed by atoms with E-state index in [0.717, 1.165) is 0 Å². The maximum atomic E-state index is 17.3. The summed E-state index contributed by atoms with van der Waals surface area (Å²) in [6.45, 7) is 0. The highest BCUT2D eigenvalue weighted by molar-refractivity contribution is 7.91. The zero-order valence-corrected chi connectivity index (χ0v) is 55.1. The van der Waals surface area contributed by atoms with E-state index in [1.807, 2.05) is 364 Å². The SMILES string of the molecule is O=P(N=P(O[Si](Cl)(OP(=NP(=O)(c1ccccc1)c1ccccc1)(c1ccccc1)c1ccccc1)OP(=NP(=O)(c1ccccc1)c1ccccc1)(c1ccccc1)c1ccccc1)(c1ccccc1)c1ccccc1)(c1ccccc1)c1ccccc1. The third-order valence-corrected chi connectivity index (χ3v) is 40.4. The summed E-state index contributed by atoms with van der Waals surface area (Å²) in [7, 11) is -31.3. The van der Waals surface area contributed by atoms with Crippen LogP contribution in [0.5, 0.6) is 0 Å². The Bertz CT molecular complexity index is 3910. The molecule has 0 aliphatic rings. The number of rotatable bonds is 21. The van der Waals surface area contributed by atoms with Crippen molar-refractivity contribution >= 4 is 127 Å². The summed E-state index contributed by atoms with van der Waals surface area (Å²) < 4.78 is 94.7. The third kappa shape index (κ3) is 12.8. The third-order valence-electron chi connectivity index (χ3n) is 14.8. The fourth-order valence-corrected chi connectivity index (χ4v) is 40.2. The number of hydrogen-bond acceptors (Lipinski definition) is 6. The van der Waals surface area contributed by atoms with Gasteiger partial charge in [0.25, 0.3) is 0 Å². The Morgan fingerprint density at radius 2 is 0.315 bits per heavy atom. The zero-order chi connectivity index (χ0) is 61.1. The lowest BCUT2D eigenvalue weighted by molar-refractivity contribution is 0.339. The van der Waals surface area contributed by atoms with Gasteiger partial charge in [0.2, 0.25) is 21.9 Å². The minimum atomic E-state index is -5.68. The summed E-state index contributed by atoms with van der Waals surface area (Å²) in [5.41, 5.74) is 0. The van der Waals surface area contributed by atoms with Crippen molar-refractivity contribution < 1.29 is 26.3 Å². The van der Waals surface area contributed by atoms with Gasteiger partial charge in [0.05, 0.1) is 0 Å². The van der Waals surface area contributed by atoms with Crippen LogP contribution in [0.4, 0.5) is 0 Å². The Kier molecular flexibility index (Phi) is 18.9. The zero-order valence-electron chi connectivity index (χ0n) is 48.0. The van der Waals surface area contributed by atoms with Crippen molar-refractivity contribution in [3.05, 3.63) is 364 Å². The molecule has 0 aliphatic carbocycles. The topological polar surface area (TPSA) is 116 Å². The molecule has 12 rings (SSSR count). The first-order valence-electron chi connectivity index (χ1n) is 28.7. The molecule has 0 spiro atoms. The van der Waals surface area contributed by atoms with E-state index >= 15 is 13.7 Å². The highest BCUT2D eigenvalue weighted by Crippen LogP contribution is 2.70. The molecule has 0 aliphatic heterocycles. The van der Waals surface area contributed by atoms with E-state index in [0.29, 0.717) is 63.7 Å². The van der Waals surface area contributed by atoms with Crippen molar-refractivity contribution in [3.63, 3.8) is 0 Å². The molecule has 0 aromatic heterocycles. The van der Waals surface area contributed by atoms with Crippen molar-refractivity contribution in [2.24, 2.45) is 13.5 Å². The lowest BCUT2D eigenvalue weighted by Gasteiger charge is -2.41. The second kappa shape index (κ2) is 27.2. The van der Waals surface area contributed by atoms with Crippen LogP contribution in [0.25, 0.3) is 0 Å². The van der Waals surface area contributed by atoms with Gasteiger partial charge in [0.15, 0.2) is 0 Å². The van der Waals surface area contributed by atoms with Gasteiger partial charge in [0.1, 0.15) is 21.8 Å². The molecule has 12 aromatic rings. The number of hydrogen-bond donors (Lipinski definition) is 0. The highest BCUT2D eigenvalue weighted by atomic mass is 35.6. The second-order valence-corrected chi connectivity index (χ2v) is 40.3. The molecular formula is C72H60ClN3O6P6Si. The van der Waals surface area contributed by atoms with Crippen LogP contribution in [0.15, 0.2) is 378 Å². The summed E-state index contributed by atoms with van der Waals surface area (Å²) in [6, 6.07) is 112. The van der Waals surface area contributed by atoms with E-state index in [1.54, 1.807) is 0 Å². The Morgan fingerprint density at radius 3 is 0.438 bits per heavy atom. The Hall–Kier alpha value is -7.59. The predicted molar refractivity (Wildman–Crippen MR) is 379 cm³/mol. The van der Waals surface area contributed by atoms with Gasteiger partial charge in [-0.25, -0.2) is 13.5 Å². The van der Waals surface area contributed by atoms with E-state index in [4.69, 9.17) is 37.3 Å². The molecule has 0 N–H and O–H groups in total. The van der Waals surface area contributed by atoms with Crippen LogP contribution >= 0.6 is 54.8 Å². The van der Waals surface area contributed by atoms with Crippen LogP contribution in [-0.2, 0) is 26.3 Å². The molecule has 0 atom stereocenters. The first-order chi connectivity index (χ1) is 43.5. The fraction of sp³-hybridized carbons (Fsp3) is 0.